The summed E-state index contributed by atoms with van der Waals surface area (Å²) in [6, 6.07) is 0. The van der Waals surface area contributed by atoms with E-state index in [0.717, 1.165) is 19.5 Å². The van der Waals surface area contributed by atoms with Crippen LogP contribution in [-0.4, -0.2) is 48.2 Å². The molecule has 0 aromatic heterocycles. The fourth-order valence-corrected chi connectivity index (χ4v) is 2.12. The summed E-state index contributed by atoms with van der Waals surface area (Å²) in [7, 11) is 2.11. The molecule has 0 radical (unpaired) electrons. The predicted octanol–water partition coefficient (Wildman–Crippen LogP) is 2.20. The Bertz CT molecular complexity index is 246. The van der Waals surface area contributed by atoms with E-state index in [1.54, 1.807) is 6.92 Å². The normalized spacial score (nSPS) is 16.6. The highest BCUT2D eigenvalue weighted by molar-refractivity contribution is 5.78. The lowest BCUT2D eigenvalue weighted by Crippen LogP contribution is -2.49. The molecule has 0 bridgehead atoms. The lowest BCUT2D eigenvalue weighted by molar-refractivity contribution is -0.144. The Labute approximate surface area is 112 Å². The molecule has 0 aromatic carbocycles. The van der Waals surface area contributed by atoms with Crippen LogP contribution in [0, 0.1) is 5.92 Å². The second-order valence-electron chi connectivity index (χ2n) is 5.55. The minimum Gasteiger partial charge on any atom is -0.480 e. The molecule has 18 heavy (non-hydrogen) atoms. The van der Waals surface area contributed by atoms with Crippen molar-refractivity contribution in [3.05, 3.63) is 0 Å². The minimum absolute atomic E-state index is 0.668. The van der Waals surface area contributed by atoms with E-state index in [0.29, 0.717) is 18.9 Å². The van der Waals surface area contributed by atoms with Gasteiger partial charge in [-0.2, -0.15) is 0 Å². The number of rotatable bonds is 10. The number of likely N-dealkylation sites (N-methyl/N-ethyl adjacent to an activating group) is 1. The van der Waals surface area contributed by atoms with Crippen LogP contribution in [0.3, 0.4) is 0 Å². The molecule has 0 aliphatic carbocycles. The van der Waals surface area contributed by atoms with Crippen molar-refractivity contribution in [2.24, 2.45) is 5.92 Å². The summed E-state index contributed by atoms with van der Waals surface area (Å²) in [6.07, 6.45) is 2.76. The standard InChI is InChI=1S/C14H30N2O2/c1-6-12(3)11-16(5)10-8-9-14(4,13(17)18)15-7-2/h12,15H,6-11H2,1-5H3,(H,17,18). The smallest absolute Gasteiger partial charge is 0.323 e. The minimum atomic E-state index is -0.786. The lowest BCUT2D eigenvalue weighted by Gasteiger charge is -2.27. The van der Waals surface area contributed by atoms with Crippen LogP contribution in [-0.2, 0) is 4.79 Å². The van der Waals surface area contributed by atoms with E-state index in [2.05, 4.69) is 31.1 Å². The van der Waals surface area contributed by atoms with Gasteiger partial charge in [-0.3, -0.25) is 4.79 Å². The van der Waals surface area contributed by atoms with Crippen molar-refractivity contribution >= 4 is 5.97 Å². The Kier molecular flexibility index (Phi) is 8.20. The van der Waals surface area contributed by atoms with Gasteiger partial charge in [0.15, 0.2) is 0 Å². The largest absolute Gasteiger partial charge is 0.480 e. The lowest BCUT2D eigenvalue weighted by atomic mass is 9.95. The first-order chi connectivity index (χ1) is 8.35. The number of hydrogen-bond acceptors (Lipinski definition) is 3. The van der Waals surface area contributed by atoms with Crippen LogP contribution in [0.5, 0.6) is 0 Å². The Balaban J connectivity index is 4.03. The molecule has 0 spiro atoms. The van der Waals surface area contributed by atoms with Crippen molar-refractivity contribution in [3.63, 3.8) is 0 Å². The monoisotopic (exact) mass is 258 g/mol. The molecule has 108 valence electrons. The van der Waals surface area contributed by atoms with Gasteiger partial charge in [-0.25, -0.2) is 0 Å². The number of carboxylic acid groups (broad SMARTS) is 1. The van der Waals surface area contributed by atoms with E-state index in [4.69, 9.17) is 0 Å². The maximum atomic E-state index is 11.2. The summed E-state index contributed by atoms with van der Waals surface area (Å²) in [5, 5.41) is 12.3. The molecule has 0 fully saturated rings. The van der Waals surface area contributed by atoms with Crippen molar-refractivity contribution in [3.8, 4) is 0 Å². The highest BCUT2D eigenvalue weighted by atomic mass is 16.4. The van der Waals surface area contributed by atoms with Gasteiger partial charge in [0.1, 0.15) is 5.54 Å². The average Bonchev–Trinajstić information content (AvgIpc) is 2.28. The van der Waals surface area contributed by atoms with E-state index in [9.17, 15) is 9.90 Å². The molecular weight excluding hydrogens is 228 g/mol. The number of carboxylic acids is 1. The Morgan fingerprint density at radius 1 is 1.44 bits per heavy atom. The molecule has 0 heterocycles. The Morgan fingerprint density at radius 2 is 2.06 bits per heavy atom. The van der Waals surface area contributed by atoms with Crippen LogP contribution in [0.25, 0.3) is 0 Å². The number of nitrogens with zero attached hydrogens (tertiary/aromatic N) is 1. The van der Waals surface area contributed by atoms with Gasteiger partial charge in [-0.05, 0) is 45.8 Å². The summed E-state index contributed by atoms with van der Waals surface area (Å²) in [5.41, 5.74) is -0.786. The zero-order valence-corrected chi connectivity index (χ0v) is 12.6. The zero-order valence-electron chi connectivity index (χ0n) is 12.6. The van der Waals surface area contributed by atoms with Gasteiger partial charge in [-0.15, -0.1) is 0 Å². The van der Waals surface area contributed by atoms with E-state index in [-0.39, 0.29) is 0 Å². The quantitative estimate of drug-likeness (QED) is 0.631. The van der Waals surface area contributed by atoms with Gasteiger partial charge in [-0.1, -0.05) is 27.2 Å². The SMILES string of the molecule is CCNC(C)(CCCN(C)CC(C)CC)C(=O)O. The Morgan fingerprint density at radius 3 is 2.50 bits per heavy atom. The zero-order chi connectivity index (χ0) is 14.2. The third kappa shape index (κ3) is 6.36. The summed E-state index contributed by atoms with van der Waals surface area (Å²) in [4.78, 5) is 13.5. The third-order valence-electron chi connectivity index (χ3n) is 3.58. The second kappa shape index (κ2) is 8.48. The molecular formula is C14H30N2O2. The van der Waals surface area contributed by atoms with Crippen LogP contribution < -0.4 is 5.32 Å². The van der Waals surface area contributed by atoms with Gasteiger partial charge >= 0.3 is 5.97 Å². The van der Waals surface area contributed by atoms with Crippen LogP contribution in [0.1, 0.15) is 47.0 Å². The number of aliphatic carboxylic acids is 1. The number of hydrogen-bond donors (Lipinski definition) is 2. The van der Waals surface area contributed by atoms with Gasteiger partial charge < -0.3 is 15.3 Å². The van der Waals surface area contributed by atoms with E-state index >= 15 is 0 Å². The molecule has 2 N–H and O–H groups in total. The third-order valence-corrected chi connectivity index (χ3v) is 3.58. The summed E-state index contributed by atoms with van der Waals surface area (Å²) >= 11 is 0. The van der Waals surface area contributed by atoms with Crippen molar-refractivity contribution in [2.75, 3.05) is 26.7 Å². The van der Waals surface area contributed by atoms with Crippen LogP contribution in [0.15, 0.2) is 0 Å². The van der Waals surface area contributed by atoms with Crippen LogP contribution in [0.2, 0.25) is 0 Å². The van der Waals surface area contributed by atoms with Crippen molar-refractivity contribution < 1.29 is 9.90 Å². The van der Waals surface area contributed by atoms with Crippen LogP contribution >= 0.6 is 0 Å². The van der Waals surface area contributed by atoms with Gasteiger partial charge in [0.25, 0.3) is 0 Å². The number of carbonyl (C=O) groups is 1. The maximum absolute atomic E-state index is 11.2. The van der Waals surface area contributed by atoms with Crippen molar-refractivity contribution in [1.29, 1.82) is 0 Å². The molecule has 4 heteroatoms. The van der Waals surface area contributed by atoms with Gasteiger partial charge in [0.05, 0.1) is 0 Å². The molecule has 0 aliphatic rings. The molecule has 0 saturated carbocycles. The molecule has 0 saturated heterocycles. The summed E-state index contributed by atoms with van der Waals surface area (Å²) in [5.74, 6) is -0.0523. The van der Waals surface area contributed by atoms with Crippen LogP contribution in [0.4, 0.5) is 0 Å². The highest BCUT2D eigenvalue weighted by Gasteiger charge is 2.31. The first kappa shape index (κ1) is 17.4. The predicted molar refractivity (Wildman–Crippen MR) is 75.9 cm³/mol. The fraction of sp³-hybridized carbons (Fsp3) is 0.929. The maximum Gasteiger partial charge on any atom is 0.323 e. The van der Waals surface area contributed by atoms with E-state index < -0.39 is 11.5 Å². The first-order valence-corrected chi connectivity index (χ1v) is 7.02. The van der Waals surface area contributed by atoms with Crippen molar-refractivity contribution in [2.45, 2.75) is 52.5 Å². The molecule has 0 rings (SSSR count). The molecule has 4 nitrogen and oxygen atoms in total. The van der Waals surface area contributed by atoms with Gasteiger partial charge in [0.2, 0.25) is 0 Å². The summed E-state index contributed by atoms with van der Waals surface area (Å²) in [6.45, 7) is 10.9. The average molecular weight is 258 g/mol. The highest BCUT2D eigenvalue weighted by Crippen LogP contribution is 2.13. The first-order valence-electron chi connectivity index (χ1n) is 7.02. The number of nitrogens with one attached hydrogen (secondary N) is 1. The Hall–Kier alpha value is -0.610. The molecule has 0 aliphatic heterocycles. The fourth-order valence-electron chi connectivity index (χ4n) is 2.12. The molecule has 0 amide bonds. The topological polar surface area (TPSA) is 52.6 Å². The molecule has 2 unspecified atom stereocenters. The molecule has 2 atom stereocenters. The summed E-state index contributed by atoms with van der Waals surface area (Å²) < 4.78 is 0. The second-order valence-corrected chi connectivity index (χ2v) is 5.55. The van der Waals surface area contributed by atoms with Crippen molar-refractivity contribution in [1.82, 2.24) is 10.2 Å². The van der Waals surface area contributed by atoms with E-state index in [1.165, 1.54) is 6.42 Å². The van der Waals surface area contributed by atoms with E-state index in [1.807, 2.05) is 6.92 Å². The molecule has 0 aromatic rings. The van der Waals surface area contributed by atoms with Gasteiger partial charge in [0, 0.05) is 6.54 Å².